The second-order valence-corrected chi connectivity index (χ2v) is 9.46. The molecule has 0 aliphatic carbocycles. The molecule has 1 heterocycles. The van der Waals surface area contributed by atoms with Gasteiger partial charge in [0.2, 0.25) is 10.0 Å². The zero-order valence-corrected chi connectivity index (χ0v) is 18.0. The number of aliphatic hydroxyl groups is 1. The van der Waals surface area contributed by atoms with Gasteiger partial charge < -0.3 is 9.84 Å². The lowest BCUT2D eigenvalue weighted by molar-refractivity contribution is 0.168. The zero-order chi connectivity index (χ0) is 21.6. The van der Waals surface area contributed by atoms with Crippen LogP contribution in [0.25, 0.3) is 0 Å². The molecule has 0 amide bonds. The number of piperidine rings is 1. The van der Waals surface area contributed by atoms with Gasteiger partial charge in [-0.25, -0.2) is 17.5 Å². The monoisotopic (exact) mass is 436 g/mol. The summed E-state index contributed by atoms with van der Waals surface area (Å²) in [5, 5.41) is 8.90. The number of aliphatic hydroxyl groups excluding tert-OH is 1. The summed E-state index contributed by atoms with van der Waals surface area (Å²) in [5.41, 5.74) is 1.64. The summed E-state index contributed by atoms with van der Waals surface area (Å²) in [6.45, 7) is 4.72. The Hall–Kier alpha value is -2.00. The molecule has 30 heavy (non-hydrogen) atoms. The van der Waals surface area contributed by atoms with Gasteiger partial charge in [0.05, 0.1) is 11.5 Å². The number of ether oxygens (including phenoxy) is 1. The number of likely N-dealkylation sites (tertiary alicyclic amines) is 1. The smallest absolute Gasteiger partial charge is 0.240 e. The molecule has 164 valence electrons. The molecular formula is C22H29FN2O4S. The normalized spacial score (nSPS) is 17.8. The van der Waals surface area contributed by atoms with Gasteiger partial charge in [0.15, 0.2) is 0 Å². The van der Waals surface area contributed by atoms with E-state index in [2.05, 4.69) is 9.62 Å². The minimum Gasteiger partial charge on any atom is -0.491 e. The summed E-state index contributed by atoms with van der Waals surface area (Å²) in [5.74, 6) is 0.361. The van der Waals surface area contributed by atoms with Gasteiger partial charge in [-0.1, -0.05) is 18.2 Å². The van der Waals surface area contributed by atoms with Crippen LogP contribution in [0.5, 0.6) is 5.75 Å². The molecule has 0 radical (unpaired) electrons. The molecule has 0 saturated carbocycles. The number of halogens is 1. The minimum atomic E-state index is -3.75. The summed E-state index contributed by atoms with van der Waals surface area (Å²) in [6.07, 6.45) is 1.94. The van der Waals surface area contributed by atoms with E-state index in [1.165, 1.54) is 12.1 Å². The summed E-state index contributed by atoms with van der Waals surface area (Å²) in [6, 6.07) is 11.6. The minimum absolute atomic E-state index is 0.00476. The van der Waals surface area contributed by atoms with Crippen LogP contribution in [-0.2, 0) is 16.6 Å². The van der Waals surface area contributed by atoms with Crippen molar-refractivity contribution >= 4 is 10.0 Å². The van der Waals surface area contributed by atoms with Crippen molar-refractivity contribution in [3.8, 4) is 5.75 Å². The molecule has 2 aromatic carbocycles. The van der Waals surface area contributed by atoms with Gasteiger partial charge in [-0.15, -0.1) is 0 Å². The summed E-state index contributed by atoms with van der Waals surface area (Å²) >= 11 is 0. The van der Waals surface area contributed by atoms with Gasteiger partial charge in [0.25, 0.3) is 0 Å². The Kier molecular flexibility index (Phi) is 7.82. The van der Waals surface area contributed by atoms with Crippen LogP contribution >= 0.6 is 0 Å². The molecule has 3 rings (SSSR count). The van der Waals surface area contributed by atoms with Crippen molar-refractivity contribution in [1.29, 1.82) is 0 Å². The lowest BCUT2D eigenvalue weighted by Gasteiger charge is -2.33. The molecule has 2 N–H and O–H groups in total. The third kappa shape index (κ3) is 6.25. The Bertz CT molecular complexity index is 952. The predicted molar refractivity (Wildman–Crippen MR) is 113 cm³/mol. The fourth-order valence-corrected chi connectivity index (χ4v) is 5.16. The topological polar surface area (TPSA) is 78.9 Å². The molecule has 8 heteroatoms. The van der Waals surface area contributed by atoms with Crippen LogP contribution in [0.2, 0.25) is 0 Å². The van der Waals surface area contributed by atoms with Crippen LogP contribution in [0.4, 0.5) is 4.39 Å². The number of sulfonamides is 1. The van der Waals surface area contributed by atoms with Gasteiger partial charge in [0.1, 0.15) is 18.2 Å². The maximum absolute atomic E-state index is 13.5. The van der Waals surface area contributed by atoms with Crippen LogP contribution in [-0.4, -0.2) is 51.3 Å². The second kappa shape index (κ2) is 10.3. The highest BCUT2D eigenvalue weighted by Crippen LogP contribution is 2.22. The van der Waals surface area contributed by atoms with Crippen molar-refractivity contribution in [3.05, 3.63) is 59.4 Å². The number of aryl methyl sites for hydroxylation is 1. The van der Waals surface area contributed by atoms with Crippen molar-refractivity contribution in [2.24, 2.45) is 5.92 Å². The van der Waals surface area contributed by atoms with Crippen LogP contribution in [0.15, 0.2) is 47.4 Å². The quantitative estimate of drug-likeness (QED) is 0.632. The summed E-state index contributed by atoms with van der Waals surface area (Å²) in [4.78, 5) is 2.30. The largest absolute Gasteiger partial charge is 0.491 e. The van der Waals surface area contributed by atoms with Gasteiger partial charge in [-0.2, -0.15) is 0 Å². The zero-order valence-electron chi connectivity index (χ0n) is 17.2. The molecule has 0 bridgehead atoms. The van der Waals surface area contributed by atoms with E-state index in [1.54, 1.807) is 6.92 Å². The second-order valence-electron chi connectivity index (χ2n) is 7.72. The highest BCUT2D eigenvalue weighted by atomic mass is 32.2. The molecule has 0 unspecified atom stereocenters. The van der Waals surface area contributed by atoms with E-state index < -0.39 is 15.8 Å². The van der Waals surface area contributed by atoms with Crippen molar-refractivity contribution in [2.75, 3.05) is 32.8 Å². The van der Waals surface area contributed by atoms with Crippen LogP contribution in [0.1, 0.15) is 24.0 Å². The average Bonchev–Trinajstić information content (AvgIpc) is 2.73. The molecule has 2 aromatic rings. The molecule has 1 atom stereocenters. The van der Waals surface area contributed by atoms with Gasteiger partial charge in [-0.05, 0) is 67.6 Å². The lowest BCUT2D eigenvalue weighted by Crippen LogP contribution is -2.40. The van der Waals surface area contributed by atoms with Crippen LogP contribution < -0.4 is 9.46 Å². The molecule has 0 aromatic heterocycles. The number of benzene rings is 2. The molecule has 1 fully saturated rings. The van der Waals surface area contributed by atoms with E-state index in [-0.39, 0.29) is 24.0 Å². The predicted octanol–water partition coefficient (Wildman–Crippen LogP) is 2.70. The van der Waals surface area contributed by atoms with Gasteiger partial charge in [0, 0.05) is 19.6 Å². The van der Waals surface area contributed by atoms with Crippen molar-refractivity contribution in [1.82, 2.24) is 9.62 Å². The fraction of sp³-hybridized carbons (Fsp3) is 0.455. The maximum Gasteiger partial charge on any atom is 0.240 e. The highest BCUT2D eigenvalue weighted by Gasteiger charge is 2.24. The summed E-state index contributed by atoms with van der Waals surface area (Å²) < 4.78 is 46.9. The van der Waals surface area contributed by atoms with Crippen molar-refractivity contribution < 1.29 is 22.7 Å². The van der Waals surface area contributed by atoms with E-state index in [9.17, 15) is 12.8 Å². The average molecular weight is 437 g/mol. The lowest BCUT2D eigenvalue weighted by atomic mass is 9.98. The molecule has 1 aliphatic rings. The highest BCUT2D eigenvalue weighted by molar-refractivity contribution is 7.89. The van der Waals surface area contributed by atoms with Gasteiger partial charge >= 0.3 is 0 Å². The Morgan fingerprint density at radius 3 is 2.90 bits per heavy atom. The van der Waals surface area contributed by atoms with Crippen LogP contribution in [0, 0.1) is 18.7 Å². The SMILES string of the molecule is Cc1ccc(F)cc1S(=O)(=O)NC[C@@H]1CCCN(Cc2cccc(OCCO)c2)C1. The molecule has 6 nitrogen and oxygen atoms in total. The Balaban J connectivity index is 1.57. The summed E-state index contributed by atoms with van der Waals surface area (Å²) in [7, 11) is -3.75. The fourth-order valence-electron chi connectivity index (χ4n) is 3.79. The number of hydrogen-bond acceptors (Lipinski definition) is 5. The number of nitrogens with one attached hydrogen (secondary N) is 1. The van der Waals surface area contributed by atoms with E-state index >= 15 is 0 Å². The third-order valence-corrected chi connectivity index (χ3v) is 6.84. The number of hydrogen-bond donors (Lipinski definition) is 2. The molecular weight excluding hydrogens is 407 g/mol. The van der Waals surface area contributed by atoms with Crippen molar-refractivity contribution in [2.45, 2.75) is 31.2 Å². The standard InChI is InChI=1S/C22H29FN2O4S/c1-17-7-8-20(23)13-22(17)30(27,28)24-14-19-5-3-9-25(16-19)15-18-4-2-6-21(12-18)29-11-10-26/h2,4,6-8,12-13,19,24,26H,3,5,9-11,14-16H2,1H3/t19-/m0/s1. The van der Waals surface area contributed by atoms with E-state index in [1.807, 2.05) is 24.3 Å². The van der Waals surface area contributed by atoms with Crippen molar-refractivity contribution in [3.63, 3.8) is 0 Å². The molecule has 1 aliphatic heterocycles. The van der Waals surface area contributed by atoms with Gasteiger partial charge in [-0.3, -0.25) is 4.90 Å². The first-order valence-electron chi connectivity index (χ1n) is 10.2. The number of rotatable bonds is 9. The first-order chi connectivity index (χ1) is 14.4. The van der Waals surface area contributed by atoms with E-state index in [4.69, 9.17) is 9.84 Å². The van der Waals surface area contributed by atoms with Crippen LogP contribution in [0.3, 0.4) is 0 Å². The maximum atomic E-state index is 13.5. The Morgan fingerprint density at radius 2 is 2.10 bits per heavy atom. The first kappa shape index (κ1) is 22.7. The molecule has 0 spiro atoms. The molecule has 1 saturated heterocycles. The first-order valence-corrected chi connectivity index (χ1v) is 11.7. The van der Waals surface area contributed by atoms with E-state index in [0.29, 0.717) is 12.1 Å². The Labute approximate surface area is 177 Å². The van der Waals surface area contributed by atoms with E-state index in [0.717, 1.165) is 49.9 Å². The Morgan fingerprint density at radius 1 is 1.27 bits per heavy atom. The number of nitrogens with zero attached hydrogens (tertiary/aromatic N) is 1. The third-order valence-electron chi connectivity index (χ3n) is 5.27.